The van der Waals surface area contributed by atoms with E-state index in [1.165, 1.54) is 0 Å². The van der Waals surface area contributed by atoms with Crippen LogP contribution in [0.1, 0.15) is 12.5 Å². The zero-order valence-corrected chi connectivity index (χ0v) is 10.4. The Balaban J connectivity index is 2.77. The van der Waals surface area contributed by atoms with E-state index in [4.69, 9.17) is 16.7 Å². The Morgan fingerprint density at radius 3 is 2.93 bits per heavy atom. The van der Waals surface area contributed by atoms with Crippen molar-refractivity contribution in [1.29, 1.82) is 0 Å². The molecule has 4 heteroatoms. The fraction of sp³-hybridized carbons (Fsp3) is 0.455. The van der Waals surface area contributed by atoms with E-state index in [0.29, 0.717) is 5.75 Å². The molecule has 1 rings (SSSR count). The van der Waals surface area contributed by atoms with Crippen molar-refractivity contribution < 1.29 is 5.11 Å². The average molecular weight is 246 g/mol. The maximum Gasteiger partial charge on any atom is 0.0525 e. The molecule has 84 valence electrons. The third-order valence-corrected chi connectivity index (χ3v) is 3.41. The van der Waals surface area contributed by atoms with Crippen LogP contribution >= 0.6 is 23.4 Å². The molecule has 0 bridgehead atoms. The molecule has 0 aliphatic heterocycles. The van der Waals surface area contributed by atoms with Crippen LogP contribution in [0.3, 0.4) is 0 Å². The third kappa shape index (κ3) is 4.03. The highest BCUT2D eigenvalue weighted by Crippen LogP contribution is 2.28. The fourth-order valence-corrected chi connectivity index (χ4v) is 2.39. The summed E-state index contributed by atoms with van der Waals surface area (Å²) < 4.78 is 0. The average Bonchev–Trinajstić information content (AvgIpc) is 2.25. The van der Waals surface area contributed by atoms with E-state index in [1.807, 2.05) is 18.2 Å². The van der Waals surface area contributed by atoms with Crippen molar-refractivity contribution >= 4 is 23.4 Å². The third-order valence-electron chi connectivity index (χ3n) is 1.98. The number of rotatable bonds is 6. The Morgan fingerprint density at radius 1 is 1.47 bits per heavy atom. The van der Waals surface area contributed by atoms with E-state index in [0.717, 1.165) is 28.6 Å². The minimum Gasteiger partial charge on any atom is -0.396 e. The van der Waals surface area contributed by atoms with Crippen molar-refractivity contribution in [3.63, 3.8) is 0 Å². The van der Waals surface area contributed by atoms with Gasteiger partial charge in [-0.05, 0) is 24.2 Å². The molecule has 15 heavy (non-hydrogen) atoms. The number of thioether (sulfide) groups is 1. The van der Waals surface area contributed by atoms with Crippen molar-refractivity contribution in [2.24, 2.45) is 0 Å². The van der Waals surface area contributed by atoms with Crippen molar-refractivity contribution in [3.8, 4) is 0 Å². The lowest BCUT2D eigenvalue weighted by Gasteiger charge is -2.10. The Morgan fingerprint density at radius 2 is 2.27 bits per heavy atom. The van der Waals surface area contributed by atoms with Crippen LogP contribution in [0.2, 0.25) is 5.02 Å². The minimum atomic E-state index is 0.192. The van der Waals surface area contributed by atoms with Gasteiger partial charge in [-0.1, -0.05) is 24.6 Å². The van der Waals surface area contributed by atoms with Crippen LogP contribution in [0.15, 0.2) is 23.1 Å². The van der Waals surface area contributed by atoms with Gasteiger partial charge in [0.1, 0.15) is 0 Å². The first-order chi connectivity index (χ1) is 7.29. The summed E-state index contributed by atoms with van der Waals surface area (Å²) in [5.41, 5.74) is 1.12. The van der Waals surface area contributed by atoms with Gasteiger partial charge in [0, 0.05) is 22.2 Å². The molecule has 0 unspecified atom stereocenters. The van der Waals surface area contributed by atoms with E-state index in [-0.39, 0.29) is 6.61 Å². The number of hydrogen-bond donors (Lipinski definition) is 2. The van der Waals surface area contributed by atoms with Gasteiger partial charge in [0.2, 0.25) is 0 Å². The van der Waals surface area contributed by atoms with Gasteiger partial charge in [-0.3, -0.25) is 0 Å². The standard InChI is InChI=1S/C11H16ClNOS/c1-2-13-8-9-10(12)4-3-5-11(9)15-7-6-14/h3-5,13-14H,2,6-8H2,1H3. The van der Waals surface area contributed by atoms with Crippen LogP contribution in [0, 0.1) is 0 Å². The quantitative estimate of drug-likeness (QED) is 0.756. The smallest absolute Gasteiger partial charge is 0.0525 e. The predicted molar refractivity (Wildman–Crippen MR) is 66.6 cm³/mol. The van der Waals surface area contributed by atoms with Crippen LogP contribution in [-0.4, -0.2) is 24.0 Å². The van der Waals surface area contributed by atoms with E-state index in [2.05, 4.69) is 12.2 Å². The summed E-state index contributed by atoms with van der Waals surface area (Å²) in [7, 11) is 0. The van der Waals surface area contributed by atoms with E-state index >= 15 is 0 Å². The van der Waals surface area contributed by atoms with Crippen LogP contribution in [0.25, 0.3) is 0 Å². The van der Waals surface area contributed by atoms with Crippen molar-refractivity contribution in [2.75, 3.05) is 18.9 Å². The molecule has 0 atom stereocenters. The SMILES string of the molecule is CCNCc1c(Cl)cccc1SCCO. The first-order valence-corrected chi connectivity index (χ1v) is 6.37. The molecule has 0 heterocycles. The highest BCUT2D eigenvalue weighted by atomic mass is 35.5. The highest BCUT2D eigenvalue weighted by molar-refractivity contribution is 7.99. The summed E-state index contributed by atoms with van der Waals surface area (Å²) in [5, 5.41) is 12.8. The summed E-state index contributed by atoms with van der Waals surface area (Å²) in [5.74, 6) is 0.708. The minimum absolute atomic E-state index is 0.192. The molecule has 0 radical (unpaired) electrons. The summed E-state index contributed by atoms with van der Waals surface area (Å²) in [6, 6.07) is 5.88. The van der Waals surface area contributed by atoms with Gasteiger partial charge in [-0.15, -0.1) is 11.8 Å². The lowest BCUT2D eigenvalue weighted by molar-refractivity contribution is 0.322. The molecule has 0 spiro atoms. The van der Waals surface area contributed by atoms with Gasteiger partial charge in [0.05, 0.1) is 6.61 Å². The predicted octanol–water partition coefficient (Wildman–Crippen LogP) is 2.53. The largest absolute Gasteiger partial charge is 0.396 e. The maximum absolute atomic E-state index is 8.79. The van der Waals surface area contributed by atoms with Crippen LogP contribution in [0.5, 0.6) is 0 Å². The second-order valence-corrected chi connectivity index (χ2v) is 4.61. The molecule has 0 aliphatic rings. The van der Waals surface area contributed by atoms with Crippen molar-refractivity contribution in [3.05, 3.63) is 28.8 Å². The number of aliphatic hydroxyl groups excluding tert-OH is 1. The Kier molecular flexibility index (Phi) is 6.10. The van der Waals surface area contributed by atoms with Crippen LogP contribution in [-0.2, 0) is 6.54 Å². The summed E-state index contributed by atoms with van der Waals surface area (Å²) in [4.78, 5) is 1.15. The zero-order valence-electron chi connectivity index (χ0n) is 8.79. The Bertz CT molecular complexity index is 307. The lowest BCUT2D eigenvalue weighted by atomic mass is 10.2. The second kappa shape index (κ2) is 7.12. The van der Waals surface area contributed by atoms with Gasteiger partial charge in [-0.2, -0.15) is 0 Å². The molecule has 1 aromatic carbocycles. The molecule has 0 amide bonds. The molecule has 0 aromatic heterocycles. The van der Waals surface area contributed by atoms with Gasteiger partial charge in [0.15, 0.2) is 0 Å². The Labute approximate surface area is 100 Å². The van der Waals surface area contributed by atoms with E-state index in [1.54, 1.807) is 11.8 Å². The van der Waals surface area contributed by atoms with Crippen molar-refractivity contribution in [2.45, 2.75) is 18.4 Å². The number of halogens is 1. The van der Waals surface area contributed by atoms with Gasteiger partial charge < -0.3 is 10.4 Å². The summed E-state index contributed by atoms with van der Waals surface area (Å²) in [6.07, 6.45) is 0. The molecule has 0 aliphatic carbocycles. The van der Waals surface area contributed by atoms with Gasteiger partial charge in [0.25, 0.3) is 0 Å². The molecular weight excluding hydrogens is 230 g/mol. The number of benzene rings is 1. The highest BCUT2D eigenvalue weighted by Gasteiger charge is 2.06. The van der Waals surface area contributed by atoms with E-state index in [9.17, 15) is 0 Å². The first kappa shape index (κ1) is 12.8. The first-order valence-electron chi connectivity index (χ1n) is 5.01. The fourth-order valence-electron chi connectivity index (χ4n) is 1.25. The molecule has 1 aromatic rings. The Hall–Kier alpha value is -0.220. The number of aliphatic hydroxyl groups is 1. The van der Waals surface area contributed by atoms with Gasteiger partial charge >= 0.3 is 0 Å². The molecule has 2 N–H and O–H groups in total. The molecule has 2 nitrogen and oxygen atoms in total. The molecule has 0 saturated carbocycles. The molecular formula is C11H16ClNOS. The monoisotopic (exact) mass is 245 g/mol. The molecule has 0 saturated heterocycles. The lowest BCUT2D eigenvalue weighted by Crippen LogP contribution is -2.13. The number of nitrogens with one attached hydrogen (secondary N) is 1. The van der Waals surface area contributed by atoms with Crippen LogP contribution in [0.4, 0.5) is 0 Å². The summed E-state index contributed by atoms with van der Waals surface area (Å²) >= 11 is 7.77. The summed E-state index contributed by atoms with van der Waals surface area (Å²) in [6.45, 7) is 3.97. The molecule has 0 fully saturated rings. The van der Waals surface area contributed by atoms with Gasteiger partial charge in [-0.25, -0.2) is 0 Å². The van der Waals surface area contributed by atoms with Crippen LogP contribution < -0.4 is 5.32 Å². The normalized spacial score (nSPS) is 10.6. The maximum atomic E-state index is 8.79. The number of hydrogen-bond acceptors (Lipinski definition) is 3. The topological polar surface area (TPSA) is 32.3 Å². The second-order valence-electron chi connectivity index (χ2n) is 3.07. The van der Waals surface area contributed by atoms with Crippen molar-refractivity contribution in [1.82, 2.24) is 5.32 Å². The zero-order chi connectivity index (χ0) is 11.1. The van der Waals surface area contributed by atoms with E-state index < -0.39 is 0 Å².